The molecule has 1 heterocycles. The molecular weight excluding hydrogens is 262 g/mol. The number of carbonyl (C=O) groups is 2. The van der Waals surface area contributed by atoms with Gasteiger partial charge in [0.1, 0.15) is 6.04 Å². The lowest BCUT2D eigenvalue weighted by Crippen LogP contribution is -2.38. The minimum absolute atomic E-state index is 0.0955. The second-order valence-electron chi connectivity index (χ2n) is 4.36. The van der Waals surface area contributed by atoms with E-state index in [9.17, 15) is 9.59 Å². The van der Waals surface area contributed by atoms with Crippen molar-refractivity contribution in [3.05, 3.63) is 35.9 Å². The van der Waals surface area contributed by atoms with Gasteiger partial charge >= 0.3 is 5.97 Å². The Labute approximate surface area is 116 Å². The second-order valence-corrected chi connectivity index (χ2v) is 5.47. The standard InChI is InChI=1S/C14H17NO3S/c16-13(15-12-6-8-18-14(12)17)10-19-9-7-11-4-2-1-3-5-11/h1-5,12H,6-10H2,(H,15,16). The Morgan fingerprint density at radius 2 is 2.16 bits per heavy atom. The van der Waals surface area contributed by atoms with Crippen molar-refractivity contribution in [3.8, 4) is 0 Å². The maximum Gasteiger partial charge on any atom is 0.328 e. The lowest BCUT2D eigenvalue weighted by molar-refractivity contribution is -0.141. The number of esters is 1. The number of benzene rings is 1. The van der Waals surface area contributed by atoms with Crippen LogP contribution in [0.1, 0.15) is 12.0 Å². The summed E-state index contributed by atoms with van der Waals surface area (Å²) in [7, 11) is 0. The van der Waals surface area contributed by atoms with Crippen molar-refractivity contribution in [1.29, 1.82) is 0 Å². The summed E-state index contributed by atoms with van der Waals surface area (Å²) >= 11 is 1.58. The van der Waals surface area contributed by atoms with E-state index >= 15 is 0 Å². The van der Waals surface area contributed by atoms with Gasteiger partial charge in [-0.3, -0.25) is 4.79 Å². The quantitative estimate of drug-likeness (QED) is 0.631. The Morgan fingerprint density at radius 1 is 1.37 bits per heavy atom. The highest BCUT2D eigenvalue weighted by Gasteiger charge is 2.27. The molecule has 5 heteroatoms. The molecule has 1 amide bonds. The molecule has 1 fully saturated rings. The number of cyclic esters (lactones) is 1. The summed E-state index contributed by atoms with van der Waals surface area (Å²) in [4.78, 5) is 22.8. The van der Waals surface area contributed by atoms with E-state index < -0.39 is 6.04 Å². The van der Waals surface area contributed by atoms with Crippen LogP contribution in [0.25, 0.3) is 0 Å². The van der Waals surface area contributed by atoms with Crippen molar-refractivity contribution >= 4 is 23.6 Å². The molecular formula is C14H17NO3S. The fraction of sp³-hybridized carbons (Fsp3) is 0.429. The molecule has 1 unspecified atom stereocenters. The van der Waals surface area contributed by atoms with Gasteiger partial charge in [-0.25, -0.2) is 4.79 Å². The number of hydrogen-bond acceptors (Lipinski definition) is 4. The van der Waals surface area contributed by atoms with Crippen LogP contribution in [-0.2, 0) is 20.7 Å². The molecule has 19 heavy (non-hydrogen) atoms. The van der Waals surface area contributed by atoms with Crippen LogP contribution in [0.5, 0.6) is 0 Å². The molecule has 0 radical (unpaired) electrons. The molecule has 1 atom stereocenters. The number of amides is 1. The first-order valence-electron chi connectivity index (χ1n) is 6.33. The second kappa shape index (κ2) is 7.19. The first-order valence-corrected chi connectivity index (χ1v) is 7.49. The molecule has 1 aliphatic heterocycles. The molecule has 4 nitrogen and oxygen atoms in total. The van der Waals surface area contributed by atoms with E-state index in [1.165, 1.54) is 5.56 Å². The van der Waals surface area contributed by atoms with Crippen LogP contribution in [0.15, 0.2) is 30.3 Å². The Balaban J connectivity index is 1.60. The number of ether oxygens (including phenoxy) is 1. The van der Waals surface area contributed by atoms with E-state index in [1.807, 2.05) is 18.2 Å². The molecule has 0 bridgehead atoms. The van der Waals surface area contributed by atoms with Crippen LogP contribution in [0.2, 0.25) is 0 Å². The van der Waals surface area contributed by atoms with E-state index in [1.54, 1.807) is 11.8 Å². The molecule has 2 rings (SSSR count). The van der Waals surface area contributed by atoms with Crippen molar-refractivity contribution in [3.63, 3.8) is 0 Å². The maximum atomic E-state index is 11.6. The predicted octanol–water partition coefficient (Wildman–Crippen LogP) is 1.39. The summed E-state index contributed by atoms with van der Waals surface area (Å²) in [5.74, 6) is 0.868. The monoisotopic (exact) mass is 279 g/mol. The third kappa shape index (κ3) is 4.59. The molecule has 102 valence electrons. The van der Waals surface area contributed by atoms with E-state index in [0.717, 1.165) is 12.2 Å². The van der Waals surface area contributed by atoms with Crippen LogP contribution >= 0.6 is 11.8 Å². The van der Waals surface area contributed by atoms with Gasteiger partial charge in [-0.2, -0.15) is 11.8 Å². The number of aryl methyl sites for hydroxylation is 1. The summed E-state index contributed by atoms with van der Waals surface area (Å²) in [5, 5.41) is 2.69. The minimum Gasteiger partial charge on any atom is -0.464 e. The van der Waals surface area contributed by atoms with Gasteiger partial charge in [0.15, 0.2) is 0 Å². The van der Waals surface area contributed by atoms with Gasteiger partial charge in [0, 0.05) is 6.42 Å². The molecule has 1 aromatic rings. The Kier molecular flexibility index (Phi) is 5.27. The van der Waals surface area contributed by atoms with Crippen LogP contribution in [0.4, 0.5) is 0 Å². The number of nitrogens with one attached hydrogen (secondary N) is 1. The topological polar surface area (TPSA) is 55.4 Å². The number of rotatable bonds is 6. The van der Waals surface area contributed by atoms with E-state index in [2.05, 4.69) is 17.4 Å². The Bertz CT molecular complexity index is 436. The highest BCUT2D eigenvalue weighted by Crippen LogP contribution is 2.09. The van der Waals surface area contributed by atoms with Gasteiger partial charge in [-0.1, -0.05) is 30.3 Å². The third-order valence-electron chi connectivity index (χ3n) is 2.88. The smallest absolute Gasteiger partial charge is 0.328 e. The molecule has 1 saturated heterocycles. The SMILES string of the molecule is O=C(CSCCc1ccccc1)NC1CCOC1=O. The lowest BCUT2D eigenvalue weighted by atomic mass is 10.2. The van der Waals surface area contributed by atoms with Gasteiger partial charge in [-0.15, -0.1) is 0 Å². The normalized spacial score (nSPS) is 18.1. The Hall–Kier alpha value is -1.49. The maximum absolute atomic E-state index is 11.6. The van der Waals surface area contributed by atoms with E-state index in [-0.39, 0.29) is 11.9 Å². The van der Waals surface area contributed by atoms with Crippen molar-refractivity contribution in [1.82, 2.24) is 5.32 Å². The number of hydrogen-bond donors (Lipinski definition) is 1. The largest absolute Gasteiger partial charge is 0.464 e. The van der Waals surface area contributed by atoms with Gasteiger partial charge < -0.3 is 10.1 Å². The summed E-state index contributed by atoms with van der Waals surface area (Å²) in [6.45, 7) is 0.408. The van der Waals surface area contributed by atoms with Gasteiger partial charge in [0.25, 0.3) is 0 Å². The van der Waals surface area contributed by atoms with Gasteiger partial charge in [-0.05, 0) is 17.7 Å². The van der Waals surface area contributed by atoms with Crippen LogP contribution < -0.4 is 5.32 Å². The summed E-state index contributed by atoms with van der Waals surface area (Å²) in [5.41, 5.74) is 1.27. The highest BCUT2D eigenvalue weighted by atomic mass is 32.2. The zero-order valence-corrected chi connectivity index (χ0v) is 11.4. The molecule has 0 saturated carbocycles. The molecule has 0 spiro atoms. The van der Waals surface area contributed by atoms with E-state index in [0.29, 0.717) is 18.8 Å². The molecule has 1 N–H and O–H groups in total. The minimum atomic E-state index is -0.442. The number of thioether (sulfide) groups is 1. The average molecular weight is 279 g/mol. The van der Waals surface area contributed by atoms with Crippen molar-refractivity contribution in [2.24, 2.45) is 0 Å². The highest BCUT2D eigenvalue weighted by molar-refractivity contribution is 7.99. The molecule has 1 aromatic carbocycles. The first kappa shape index (κ1) is 13.9. The zero-order chi connectivity index (χ0) is 13.5. The summed E-state index contributed by atoms with van der Waals surface area (Å²) in [6.07, 6.45) is 1.53. The molecule has 0 aromatic heterocycles. The average Bonchev–Trinajstić information content (AvgIpc) is 2.82. The van der Waals surface area contributed by atoms with E-state index in [4.69, 9.17) is 4.74 Å². The van der Waals surface area contributed by atoms with Crippen molar-refractivity contribution < 1.29 is 14.3 Å². The van der Waals surface area contributed by atoms with Crippen molar-refractivity contribution in [2.75, 3.05) is 18.1 Å². The fourth-order valence-electron chi connectivity index (χ4n) is 1.86. The summed E-state index contributed by atoms with van der Waals surface area (Å²) < 4.78 is 4.79. The van der Waals surface area contributed by atoms with Gasteiger partial charge in [0.05, 0.1) is 12.4 Å². The van der Waals surface area contributed by atoms with Gasteiger partial charge in [0.2, 0.25) is 5.91 Å². The first-order chi connectivity index (χ1) is 9.25. The third-order valence-corrected chi connectivity index (χ3v) is 3.84. The van der Waals surface area contributed by atoms with Crippen LogP contribution in [0.3, 0.4) is 0 Å². The number of carbonyl (C=O) groups excluding carboxylic acids is 2. The Morgan fingerprint density at radius 3 is 2.84 bits per heavy atom. The molecule has 0 aliphatic carbocycles. The van der Waals surface area contributed by atoms with Crippen molar-refractivity contribution in [2.45, 2.75) is 18.9 Å². The molecule has 1 aliphatic rings. The zero-order valence-electron chi connectivity index (χ0n) is 10.6. The summed E-state index contributed by atoms with van der Waals surface area (Å²) in [6, 6.07) is 9.73. The van der Waals surface area contributed by atoms with Crippen LogP contribution in [0, 0.1) is 0 Å². The van der Waals surface area contributed by atoms with Crippen LogP contribution in [-0.4, -0.2) is 36.0 Å². The fourth-order valence-corrected chi connectivity index (χ4v) is 2.66. The lowest BCUT2D eigenvalue weighted by Gasteiger charge is -2.08. The predicted molar refractivity (Wildman–Crippen MR) is 75.0 cm³/mol.